The van der Waals surface area contributed by atoms with E-state index in [-0.39, 0.29) is 17.2 Å². The minimum Gasteiger partial charge on any atom is -0.481 e. The second-order valence-electron chi connectivity index (χ2n) is 10.7. The van der Waals surface area contributed by atoms with Crippen molar-refractivity contribution in [2.45, 2.75) is 65.6 Å². The van der Waals surface area contributed by atoms with Gasteiger partial charge in [0.05, 0.1) is 22.8 Å². The Hall–Kier alpha value is -4.25. The molecule has 0 bridgehead atoms. The number of hydrogen-bond donors (Lipinski definition) is 3. The summed E-state index contributed by atoms with van der Waals surface area (Å²) in [5.74, 6) is -1.70. The second-order valence-corrected chi connectivity index (χ2v) is 11.2. The molecule has 2 aromatic heterocycles. The maximum Gasteiger partial charge on any atom is 0.311 e. The molecule has 1 aliphatic heterocycles. The van der Waals surface area contributed by atoms with Crippen LogP contribution in [-0.4, -0.2) is 55.1 Å². The van der Waals surface area contributed by atoms with Crippen LogP contribution >= 0.6 is 11.6 Å². The lowest BCUT2D eigenvalue weighted by Gasteiger charge is -2.39. The van der Waals surface area contributed by atoms with Crippen molar-refractivity contribution in [1.29, 1.82) is 0 Å². The number of aromatic amines is 1. The molecule has 11 nitrogen and oxygen atoms in total. The fraction of sp³-hybridized carbons (Fsp3) is 0.379. The number of likely N-dealkylation sites (tertiary alicyclic amines) is 1. The quantitative estimate of drug-likeness (QED) is 0.358. The molecule has 12 heteroatoms. The van der Waals surface area contributed by atoms with Gasteiger partial charge in [-0.05, 0) is 77.3 Å². The van der Waals surface area contributed by atoms with Crippen LogP contribution in [0.4, 0.5) is 0 Å². The number of pyridine rings is 1. The average Bonchev–Trinajstić information content (AvgIpc) is 3.37. The molecule has 1 fully saturated rings. The highest BCUT2D eigenvalue weighted by Gasteiger charge is 2.49. The van der Waals surface area contributed by atoms with Gasteiger partial charge in [-0.25, -0.2) is 10.1 Å². The normalized spacial score (nSPS) is 17.7. The summed E-state index contributed by atoms with van der Waals surface area (Å²) < 4.78 is 5.67. The number of aliphatic carboxylic acids is 1. The number of H-pyrrole nitrogens is 1. The van der Waals surface area contributed by atoms with E-state index in [0.717, 1.165) is 5.56 Å². The van der Waals surface area contributed by atoms with Crippen molar-refractivity contribution in [2.24, 2.45) is 5.41 Å². The smallest absolute Gasteiger partial charge is 0.311 e. The number of halogens is 1. The molecule has 1 aromatic carbocycles. The molecule has 216 valence electrons. The van der Waals surface area contributed by atoms with Crippen molar-refractivity contribution in [2.75, 3.05) is 0 Å². The first-order valence-electron chi connectivity index (χ1n) is 13.1. The lowest BCUT2D eigenvalue weighted by molar-refractivity contribution is -0.153. The van der Waals surface area contributed by atoms with E-state index in [1.165, 1.54) is 18.2 Å². The summed E-state index contributed by atoms with van der Waals surface area (Å²) in [6, 6.07) is 9.58. The molecule has 2 amide bonds. The highest BCUT2D eigenvalue weighted by Crippen LogP contribution is 2.44. The molecule has 0 aliphatic carbocycles. The number of nitrogens with one attached hydrogen (secondary N) is 2. The molecule has 0 saturated carbocycles. The summed E-state index contributed by atoms with van der Waals surface area (Å²) in [5.41, 5.74) is 0.0232. The standard InChI is InChI=1S/C29H32ClN5O6/c1-15-13-23(26(37)34-33-15)41-22-11-9-20(31-16(22)2)25(36)32-17(3)27(38)35-21(18-7-6-8-19(30)14-18)10-12-24(35)29(4,5)28(39)40/h6-9,11,13-14,17,21,24H,10,12H2,1-5H3,(H,32,36)(H,34,37)(H,39,40)/t17-,21+,24-/m1/s1. The zero-order valence-electron chi connectivity index (χ0n) is 23.4. The molecule has 0 radical (unpaired) electrons. The summed E-state index contributed by atoms with van der Waals surface area (Å²) >= 11 is 6.22. The number of carboxylic acid groups (broad SMARTS) is 1. The van der Waals surface area contributed by atoms with E-state index < -0.39 is 46.9 Å². The van der Waals surface area contributed by atoms with Gasteiger partial charge in [0.25, 0.3) is 5.91 Å². The van der Waals surface area contributed by atoms with Crippen LogP contribution in [0, 0.1) is 19.3 Å². The number of amides is 2. The van der Waals surface area contributed by atoms with Crippen molar-refractivity contribution in [3.63, 3.8) is 0 Å². The van der Waals surface area contributed by atoms with Crippen molar-refractivity contribution >= 4 is 29.4 Å². The average molecular weight is 582 g/mol. The van der Waals surface area contributed by atoms with Gasteiger partial charge in [0, 0.05) is 17.1 Å². The van der Waals surface area contributed by atoms with E-state index in [1.54, 1.807) is 57.7 Å². The third kappa shape index (κ3) is 6.25. The number of aryl methyl sites for hydroxylation is 2. The van der Waals surface area contributed by atoms with Gasteiger partial charge in [-0.15, -0.1) is 0 Å². The van der Waals surface area contributed by atoms with Gasteiger partial charge in [0.1, 0.15) is 17.5 Å². The third-order valence-corrected chi connectivity index (χ3v) is 7.60. The molecule has 4 rings (SSSR count). The predicted octanol–water partition coefficient (Wildman–Crippen LogP) is 4.19. The first-order valence-corrected chi connectivity index (χ1v) is 13.5. The van der Waals surface area contributed by atoms with Crippen LogP contribution in [-0.2, 0) is 9.59 Å². The summed E-state index contributed by atoms with van der Waals surface area (Å²) in [4.78, 5) is 57.0. The Morgan fingerprint density at radius 1 is 1.15 bits per heavy atom. The maximum atomic E-state index is 13.9. The molecule has 3 N–H and O–H groups in total. The lowest BCUT2D eigenvalue weighted by atomic mass is 9.83. The van der Waals surface area contributed by atoms with Crippen molar-refractivity contribution in [1.82, 2.24) is 25.4 Å². The topological polar surface area (TPSA) is 155 Å². The fourth-order valence-corrected chi connectivity index (χ4v) is 5.22. The highest BCUT2D eigenvalue weighted by molar-refractivity contribution is 6.30. The van der Waals surface area contributed by atoms with Crippen molar-refractivity contribution in [3.05, 3.63) is 80.5 Å². The lowest BCUT2D eigenvalue weighted by Crippen LogP contribution is -2.54. The van der Waals surface area contributed by atoms with E-state index in [2.05, 4.69) is 20.5 Å². The third-order valence-electron chi connectivity index (χ3n) is 7.36. The molecule has 41 heavy (non-hydrogen) atoms. The summed E-state index contributed by atoms with van der Waals surface area (Å²) in [6.07, 6.45) is 1.03. The van der Waals surface area contributed by atoms with Gasteiger partial charge in [0.2, 0.25) is 5.91 Å². The van der Waals surface area contributed by atoms with Crippen LogP contribution in [0.25, 0.3) is 0 Å². The Labute approximate surface area is 241 Å². The van der Waals surface area contributed by atoms with Gasteiger partial charge in [0.15, 0.2) is 5.75 Å². The van der Waals surface area contributed by atoms with Crippen LogP contribution in [0.3, 0.4) is 0 Å². The van der Waals surface area contributed by atoms with Crippen LogP contribution in [0.1, 0.15) is 67.1 Å². The van der Waals surface area contributed by atoms with Gasteiger partial charge >= 0.3 is 11.5 Å². The number of hydrogen-bond acceptors (Lipinski definition) is 7. The molecular formula is C29H32ClN5O6. The summed E-state index contributed by atoms with van der Waals surface area (Å²) in [6.45, 7) is 8.08. The van der Waals surface area contributed by atoms with Crippen molar-refractivity contribution < 1.29 is 24.2 Å². The van der Waals surface area contributed by atoms with E-state index in [0.29, 0.717) is 29.3 Å². The molecule has 3 heterocycles. The van der Waals surface area contributed by atoms with Gasteiger partial charge in [-0.2, -0.15) is 5.10 Å². The molecule has 0 unspecified atom stereocenters. The van der Waals surface area contributed by atoms with Gasteiger partial charge < -0.3 is 20.1 Å². The Kier molecular flexibility index (Phi) is 8.48. The Balaban J connectivity index is 1.55. The number of aromatic nitrogens is 3. The van der Waals surface area contributed by atoms with Gasteiger partial charge in [-0.3, -0.25) is 19.2 Å². The van der Waals surface area contributed by atoms with E-state index >= 15 is 0 Å². The van der Waals surface area contributed by atoms with E-state index in [4.69, 9.17) is 16.3 Å². The number of rotatable bonds is 8. The summed E-state index contributed by atoms with van der Waals surface area (Å²) in [5, 5.41) is 19.3. The van der Waals surface area contributed by atoms with Crippen LogP contribution < -0.4 is 15.6 Å². The van der Waals surface area contributed by atoms with Crippen molar-refractivity contribution in [3.8, 4) is 11.5 Å². The summed E-state index contributed by atoms with van der Waals surface area (Å²) in [7, 11) is 0. The van der Waals surface area contributed by atoms with Gasteiger partial charge in [-0.1, -0.05) is 23.7 Å². The maximum absolute atomic E-state index is 13.9. The number of carbonyl (C=O) groups excluding carboxylic acids is 2. The monoisotopic (exact) mass is 581 g/mol. The second kappa shape index (κ2) is 11.7. The molecule has 0 spiro atoms. The van der Waals surface area contributed by atoms with Crippen LogP contribution in [0.2, 0.25) is 5.02 Å². The minimum atomic E-state index is -1.23. The minimum absolute atomic E-state index is 0.0394. The molecule has 3 atom stereocenters. The number of ether oxygens (including phenoxy) is 1. The SMILES string of the molecule is Cc1cc(Oc2ccc(C(=O)N[C@H](C)C(=O)N3[C@H](c4cccc(Cl)c4)CC[C@@H]3C(C)(C)C(=O)O)nc2C)c(=O)[nH]n1. The Morgan fingerprint density at radius 2 is 1.88 bits per heavy atom. The zero-order valence-corrected chi connectivity index (χ0v) is 24.2. The first-order chi connectivity index (χ1) is 19.3. The first kappa shape index (κ1) is 29.7. The zero-order chi connectivity index (χ0) is 30.1. The molecule has 1 aliphatic rings. The largest absolute Gasteiger partial charge is 0.481 e. The predicted molar refractivity (Wildman–Crippen MR) is 151 cm³/mol. The van der Waals surface area contributed by atoms with E-state index in [1.807, 2.05) is 6.07 Å². The number of benzene rings is 1. The molecular weight excluding hydrogens is 550 g/mol. The Morgan fingerprint density at radius 3 is 2.54 bits per heavy atom. The molecule has 3 aromatic rings. The number of nitrogens with zero attached hydrogens (tertiary/aromatic N) is 3. The van der Waals surface area contributed by atoms with Crippen LogP contribution in [0.15, 0.2) is 47.3 Å². The molecule has 1 saturated heterocycles. The highest BCUT2D eigenvalue weighted by atomic mass is 35.5. The fourth-order valence-electron chi connectivity index (χ4n) is 5.02. The number of carboxylic acids is 1. The Bertz CT molecular complexity index is 1550. The van der Waals surface area contributed by atoms with E-state index in [9.17, 15) is 24.3 Å². The van der Waals surface area contributed by atoms with Crippen LogP contribution in [0.5, 0.6) is 11.5 Å². The number of carbonyl (C=O) groups is 3.